The van der Waals surface area contributed by atoms with Gasteiger partial charge in [-0.15, -0.1) is 0 Å². The quantitative estimate of drug-likeness (QED) is 0.150. The van der Waals surface area contributed by atoms with Gasteiger partial charge in [-0.05, 0) is 36.0 Å². The molecule has 0 amide bonds. The second-order valence-corrected chi connectivity index (χ2v) is 11.4. The number of phosphoric acid groups is 3. The minimum atomic E-state index is -4.30. The normalized spacial score (nSPS) is 11.0. The Kier molecular flexibility index (Phi) is 22.9. The lowest BCUT2D eigenvalue weighted by Gasteiger charge is -2.04. The monoisotopic (exact) mass is 674 g/mol. The molecule has 0 aliphatic carbocycles. The highest BCUT2D eigenvalue weighted by Gasteiger charge is 2.14. The second kappa shape index (κ2) is 22.4. The maximum atomic E-state index is 10.3. The largest absolute Gasteiger partial charge is 0.469 e. The minimum absolute atomic E-state index is 0. The van der Waals surface area contributed by atoms with Gasteiger partial charge in [-0.2, -0.15) is 19.8 Å². The number of phosphoric ester groups is 3. The van der Waals surface area contributed by atoms with Gasteiger partial charge in [0.2, 0.25) is 0 Å². The predicted molar refractivity (Wildman–Crippen MR) is 167 cm³/mol. The van der Waals surface area contributed by atoms with Gasteiger partial charge in [-0.25, -0.2) is 13.7 Å². The molecule has 0 radical (unpaired) electrons. The number of benzene rings is 3. The Bertz CT molecular complexity index is 1030. The van der Waals surface area contributed by atoms with E-state index in [1.165, 1.54) is 0 Å². The number of hydrogen-bond acceptors (Lipinski definition) is 6. The van der Waals surface area contributed by atoms with E-state index in [1.54, 1.807) is 0 Å². The molecule has 0 bridgehead atoms. The van der Waals surface area contributed by atoms with Crippen molar-refractivity contribution >= 4 is 43.3 Å². The van der Waals surface area contributed by atoms with Crippen molar-refractivity contribution in [2.24, 2.45) is 0 Å². The maximum absolute atomic E-state index is 10.3. The molecule has 0 aromatic heterocycles. The van der Waals surface area contributed by atoms with Crippen LogP contribution in [0.5, 0.6) is 0 Å². The molecule has 17 heteroatoms. The SMILES string of the molecule is O=P(O)(O)OCCc1ccccc1.O=P(O)(O)OCCc1ccccc1.O=P(O)(O)OCCc1ccccc1.P.P. The molecule has 2 atom stereocenters. The van der Waals surface area contributed by atoms with Crippen molar-refractivity contribution in [3.8, 4) is 0 Å². The van der Waals surface area contributed by atoms with Crippen molar-refractivity contribution in [3.63, 3.8) is 0 Å². The topological polar surface area (TPSA) is 200 Å². The van der Waals surface area contributed by atoms with Crippen molar-refractivity contribution in [2.75, 3.05) is 19.8 Å². The van der Waals surface area contributed by atoms with Crippen LogP contribution in [0.1, 0.15) is 16.7 Å². The van der Waals surface area contributed by atoms with Crippen LogP contribution in [0.2, 0.25) is 0 Å². The Labute approximate surface area is 246 Å². The first-order valence-corrected chi connectivity index (χ1v) is 16.0. The average molecular weight is 674 g/mol. The standard InChI is InChI=1S/3C8H11O4P.2H3P/c3*9-13(10,11)12-7-6-8-4-2-1-3-5-8;;/h3*1-5H,6-7H2,(H2,9,10,11);2*1H3. The molecule has 3 aromatic carbocycles. The molecule has 3 aromatic rings. The first-order chi connectivity index (χ1) is 18.2. The Balaban J connectivity index is 0. The molecule has 0 saturated heterocycles. The van der Waals surface area contributed by atoms with Crippen LogP contribution in [-0.2, 0) is 46.5 Å². The van der Waals surface area contributed by atoms with Crippen molar-refractivity contribution in [2.45, 2.75) is 19.3 Å². The molecule has 0 aliphatic rings. The second-order valence-electron chi connectivity index (χ2n) is 7.68. The van der Waals surface area contributed by atoms with Crippen molar-refractivity contribution < 1.29 is 56.6 Å². The molecular weight excluding hydrogens is 635 g/mol. The maximum Gasteiger partial charge on any atom is 0.469 e. The summed E-state index contributed by atoms with van der Waals surface area (Å²) in [5.74, 6) is 0. The molecule has 6 N–H and O–H groups in total. The highest BCUT2D eigenvalue weighted by molar-refractivity contribution is 7.46. The summed E-state index contributed by atoms with van der Waals surface area (Å²) in [5, 5.41) is 0. The summed E-state index contributed by atoms with van der Waals surface area (Å²) in [6.45, 7) is 0.108. The van der Waals surface area contributed by atoms with Gasteiger partial charge >= 0.3 is 23.5 Å². The molecule has 41 heavy (non-hydrogen) atoms. The van der Waals surface area contributed by atoms with Crippen LogP contribution < -0.4 is 0 Å². The Morgan fingerprint density at radius 2 is 0.610 bits per heavy atom. The van der Waals surface area contributed by atoms with E-state index in [-0.39, 0.29) is 39.6 Å². The van der Waals surface area contributed by atoms with E-state index in [0.29, 0.717) is 19.3 Å². The van der Waals surface area contributed by atoms with Crippen molar-refractivity contribution in [1.29, 1.82) is 0 Å². The average Bonchev–Trinajstić information content (AvgIpc) is 2.85. The van der Waals surface area contributed by atoms with Crippen molar-refractivity contribution in [1.82, 2.24) is 0 Å². The van der Waals surface area contributed by atoms with Crippen LogP contribution in [0, 0.1) is 0 Å². The van der Waals surface area contributed by atoms with E-state index in [2.05, 4.69) is 13.6 Å². The minimum Gasteiger partial charge on any atom is -0.303 e. The molecule has 232 valence electrons. The van der Waals surface area contributed by atoms with Crippen LogP contribution in [0.15, 0.2) is 91.0 Å². The molecule has 2 unspecified atom stereocenters. The molecule has 3 rings (SSSR count). The van der Waals surface area contributed by atoms with Crippen LogP contribution in [0.25, 0.3) is 0 Å². The third kappa shape index (κ3) is 27.4. The van der Waals surface area contributed by atoms with E-state index >= 15 is 0 Å². The van der Waals surface area contributed by atoms with E-state index in [1.807, 2.05) is 91.0 Å². The molecule has 12 nitrogen and oxygen atoms in total. The Hall–Kier alpha value is -1.15. The smallest absolute Gasteiger partial charge is 0.303 e. The van der Waals surface area contributed by atoms with Gasteiger partial charge in [0.1, 0.15) is 0 Å². The summed E-state index contributed by atoms with van der Waals surface area (Å²) >= 11 is 0. The highest BCUT2D eigenvalue weighted by Crippen LogP contribution is 2.36. The van der Waals surface area contributed by atoms with Crippen LogP contribution in [-0.4, -0.2) is 49.2 Å². The summed E-state index contributed by atoms with van der Waals surface area (Å²) in [5.41, 5.74) is 2.99. The highest BCUT2D eigenvalue weighted by atomic mass is 31.2. The van der Waals surface area contributed by atoms with Gasteiger partial charge in [0.15, 0.2) is 0 Å². The van der Waals surface area contributed by atoms with Gasteiger partial charge in [-0.1, -0.05) is 91.0 Å². The summed E-state index contributed by atoms with van der Waals surface area (Å²) in [6, 6.07) is 28.1. The van der Waals surface area contributed by atoms with E-state index in [0.717, 1.165) is 16.7 Å². The molecule has 0 saturated carbocycles. The zero-order chi connectivity index (χ0) is 29.2. The van der Waals surface area contributed by atoms with Gasteiger partial charge in [-0.3, -0.25) is 13.6 Å². The Morgan fingerprint density at radius 3 is 0.780 bits per heavy atom. The van der Waals surface area contributed by atoms with Crippen molar-refractivity contribution in [3.05, 3.63) is 108 Å². The summed E-state index contributed by atoms with van der Waals surface area (Å²) in [6.07, 6.45) is 1.52. The first-order valence-electron chi connectivity index (χ1n) is 11.5. The third-order valence-electron chi connectivity index (χ3n) is 4.48. The molecular formula is C24H39O12P5. The predicted octanol–water partition coefficient (Wildman–Crippen LogP) is 4.13. The van der Waals surface area contributed by atoms with Crippen LogP contribution >= 0.6 is 43.3 Å². The van der Waals surface area contributed by atoms with E-state index < -0.39 is 23.5 Å². The van der Waals surface area contributed by atoms with Crippen LogP contribution in [0.4, 0.5) is 0 Å². The molecule has 0 fully saturated rings. The summed E-state index contributed by atoms with van der Waals surface area (Å²) in [7, 11) is -12.9. The zero-order valence-corrected chi connectivity index (χ0v) is 27.8. The number of hydrogen-bond donors (Lipinski definition) is 6. The lowest BCUT2D eigenvalue weighted by molar-refractivity contribution is 0.197. The van der Waals surface area contributed by atoms with Gasteiger partial charge in [0.05, 0.1) is 19.8 Å². The fourth-order valence-electron chi connectivity index (χ4n) is 2.78. The van der Waals surface area contributed by atoms with Gasteiger partial charge in [0, 0.05) is 0 Å². The fourth-order valence-corrected chi connectivity index (χ4v) is 3.77. The van der Waals surface area contributed by atoms with Gasteiger partial charge < -0.3 is 29.4 Å². The number of rotatable bonds is 12. The Morgan fingerprint density at radius 1 is 0.415 bits per heavy atom. The lowest BCUT2D eigenvalue weighted by Crippen LogP contribution is -1.96. The zero-order valence-electron chi connectivity index (χ0n) is 22.3. The van der Waals surface area contributed by atoms with Gasteiger partial charge in [0.25, 0.3) is 0 Å². The lowest BCUT2D eigenvalue weighted by atomic mass is 10.2. The van der Waals surface area contributed by atoms with Crippen LogP contribution in [0.3, 0.4) is 0 Å². The van der Waals surface area contributed by atoms with E-state index in [4.69, 9.17) is 29.4 Å². The molecule has 0 spiro atoms. The first kappa shape index (κ1) is 42.0. The fraction of sp³-hybridized carbons (Fsp3) is 0.250. The third-order valence-corrected chi connectivity index (χ3v) is 6.04. The summed E-state index contributed by atoms with van der Waals surface area (Å²) < 4.78 is 43.8. The molecule has 0 aliphatic heterocycles. The molecule has 0 heterocycles. The summed E-state index contributed by atoms with van der Waals surface area (Å²) in [4.78, 5) is 50.3. The van der Waals surface area contributed by atoms with E-state index in [9.17, 15) is 13.7 Å².